The molecule has 1 aliphatic heterocycles. The molecular weight excluding hydrogens is 340 g/mol. The van der Waals surface area contributed by atoms with Crippen LogP contribution < -0.4 is 4.90 Å². The number of anilines is 1. The second-order valence-electron chi connectivity index (χ2n) is 6.26. The Morgan fingerprint density at radius 2 is 1.84 bits per heavy atom. The van der Waals surface area contributed by atoms with Crippen LogP contribution in [0, 0.1) is 0 Å². The number of carbonyl (C=O) groups excluding carboxylic acids is 1. The lowest BCUT2D eigenvalue weighted by Gasteiger charge is -2.34. The van der Waals surface area contributed by atoms with Crippen LogP contribution in [0.5, 0.6) is 0 Å². The Hall–Kier alpha value is -2.62. The van der Waals surface area contributed by atoms with Gasteiger partial charge in [-0.05, 0) is 18.9 Å². The molecule has 0 spiro atoms. The van der Waals surface area contributed by atoms with E-state index in [1.54, 1.807) is 23.0 Å². The summed E-state index contributed by atoms with van der Waals surface area (Å²) in [4.78, 5) is 25.9. The summed E-state index contributed by atoms with van der Waals surface area (Å²) >= 11 is 1.31. The number of aromatic nitrogens is 6. The minimum Gasteiger partial charge on any atom is -0.337 e. The van der Waals surface area contributed by atoms with Crippen LogP contribution in [0.2, 0.25) is 0 Å². The van der Waals surface area contributed by atoms with Gasteiger partial charge in [0.05, 0.1) is 0 Å². The van der Waals surface area contributed by atoms with Crippen LogP contribution in [0.4, 0.5) is 5.95 Å². The molecule has 0 bridgehead atoms. The number of fused-ring (bicyclic) bond motifs is 1. The first kappa shape index (κ1) is 14.7. The molecule has 5 rings (SSSR count). The molecule has 1 aliphatic carbocycles. The molecule has 25 heavy (non-hydrogen) atoms. The first-order chi connectivity index (χ1) is 12.3. The van der Waals surface area contributed by atoms with Crippen molar-refractivity contribution in [2.45, 2.75) is 18.8 Å². The minimum absolute atomic E-state index is 0.0362. The number of carbonyl (C=O) groups is 1. The Morgan fingerprint density at radius 1 is 1.08 bits per heavy atom. The SMILES string of the molecule is O=C(c1nn2c(C3CC3)nnc2s1)N1CCN(c2ncccn2)CC1. The van der Waals surface area contributed by atoms with E-state index in [4.69, 9.17) is 0 Å². The maximum Gasteiger partial charge on any atom is 0.284 e. The zero-order valence-electron chi connectivity index (χ0n) is 13.4. The third-order valence-electron chi connectivity index (χ3n) is 4.54. The van der Waals surface area contributed by atoms with E-state index >= 15 is 0 Å². The zero-order valence-corrected chi connectivity index (χ0v) is 14.3. The van der Waals surface area contributed by atoms with E-state index in [2.05, 4.69) is 30.2 Å². The van der Waals surface area contributed by atoms with Crippen LogP contribution in [-0.2, 0) is 0 Å². The molecule has 2 aliphatic rings. The molecule has 9 nitrogen and oxygen atoms in total. The maximum atomic E-state index is 12.8. The molecule has 1 amide bonds. The lowest BCUT2D eigenvalue weighted by molar-refractivity contribution is 0.0744. The summed E-state index contributed by atoms with van der Waals surface area (Å²) in [7, 11) is 0. The average Bonchev–Trinajstić information content (AvgIpc) is 3.29. The first-order valence-corrected chi connectivity index (χ1v) is 9.14. The maximum absolute atomic E-state index is 12.8. The molecule has 0 atom stereocenters. The fraction of sp³-hybridized carbons (Fsp3) is 0.467. The van der Waals surface area contributed by atoms with Crippen molar-refractivity contribution in [3.8, 4) is 0 Å². The van der Waals surface area contributed by atoms with E-state index in [9.17, 15) is 4.79 Å². The highest BCUT2D eigenvalue weighted by atomic mass is 32.1. The molecule has 1 saturated heterocycles. The molecule has 4 heterocycles. The van der Waals surface area contributed by atoms with E-state index in [1.807, 2.05) is 4.90 Å². The normalized spacial score (nSPS) is 18.1. The molecule has 2 fully saturated rings. The van der Waals surface area contributed by atoms with E-state index < -0.39 is 0 Å². The van der Waals surface area contributed by atoms with E-state index in [1.165, 1.54) is 11.3 Å². The van der Waals surface area contributed by atoms with Crippen molar-refractivity contribution in [2.75, 3.05) is 31.1 Å². The minimum atomic E-state index is -0.0362. The molecule has 1 saturated carbocycles. The predicted octanol–water partition coefficient (Wildman–Crippen LogP) is 0.816. The summed E-state index contributed by atoms with van der Waals surface area (Å²) in [6.07, 6.45) is 5.73. The fourth-order valence-electron chi connectivity index (χ4n) is 3.01. The van der Waals surface area contributed by atoms with Gasteiger partial charge < -0.3 is 9.80 Å². The highest BCUT2D eigenvalue weighted by Crippen LogP contribution is 2.39. The lowest BCUT2D eigenvalue weighted by Crippen LogP contribution is -2.49. The summed E-state index contributed by atoms with van der Waals surface area (Å²) in [5.74, 6) is 2.01. The Morgan fingerprint density at radius 3 is 2.56 bits per heavy atom. The number of piperazine rings is 1. The Bertz CT molecular complexity index is 910. The van der Waals surface area contributed by atoms with Gasteiger partial charge in [-0.25, -0.2) is 9.97 Å². The molecule has 0 aromatic carbocycles. The number of hydrogen-bond acceptors (Lipinski definition) is 8. The van der Waals surface area contributed by atoms with Crippen LogP contribution in [0.1, 0.15) is 34.4 Å². The van der Waals surface area contributed by atoms with Crippen molar-refractivity contribution in [1.29, 1.82) is 0 Å². The number of nitrogens with zero attached hydrogens (tertiary/aromatic N) is 8. The van der Waals surface area contributed by atoms with Crippen molar-refractivity contribution in [1.82, 2.24) is 34.7 Å². The largest absolute Gasteiger partial charge is 0.337 e. The highest BCUT2D eigenvalue weighted by Gasteiger charge is 2.31. The number of hydrogen-bond donors (Lipinski definition) is 0. The standard InChI is InChI=1S/C15H16N8OS/c24-13(12-20-23-11(10-2-3-10)18-19-15(23)25-12)21-6-8-22(9-7-21)14-16-4-1-5-17-14/h1,4-5,10H,2-3,6-9H2. The molecule has 0 unspecified atom stereocenters. The van der Waals surface area contributed by atoms with Gasteiger partial charge in [-0.1, -0.05) is 11.3 Å². The van der Waals surface area contributed by atoms with Gasteiger partial charge in [0, 0.05) is 44.5 Å². The molecule has 3 aromatic heterocycles. The zero-order chi connectivity index (χ0) is 16.8. The van der Waals surface area contributed by atoms with Gasteiger partial charge in [-0.2, -0.15) is 4.52 Å². The Kier molecular flexibility index (Phi) is 3.37. The molecule has 128 valence electrons. The van der Waals surface area contributed by atoms with Crippen LogP contribution in [-0.4, -0.2) is 66.8 Å². The van der Waals surface area contributed by atoms with Gasteiger partial charge >= 0.3 is 0 Å². The van der Waals surface area contributed by atoms with Gasteiger partial charge in [-0.15, -0.1) is 15.3 Å². The third kappa shape index (κ3) is 2.62. The van der Waals surface area contributed by atoms with Gasteiger partial charge in [0.15, 0.2) is 5.82 Å². The van der Waals surface area contributed by atoms with Gasteiger partial charge in [0.1, 0.15) is 0 Å². The van der Waals surface area contributed by atoms with Crippen molar-refractivity contribution in [3.63, 3.8) is 0 Å². The highest BCUT2D eigenvalue weighted by molar-refractivity contribution is 7.18. The number of amides is 1. The molecule has 10 heteroatoms. The second-order valence-corrected chi connectivity index (χ2v) is 7.22. The Labute approximate surface area is 147 Å². The van der Waals surface area contributed by atoms with Crippen molar-refractivity contribution < 1.29 is 4.79 Å². The van der Waals surface area contributed by atoms with Crippen LogP contribution >= 0.6 is 11.3 Å². The first-order valence-electron chi connectivity index (χ1n) is 8.33. The van der Waals surface area contributed by atoms with E-state index in [-0.39, 0.29) is 5.91 Å². The van der Waals surface area contributed by atoms with E-state index in [0.717, 1.165) is 18.7 Å². The summed E-state index contributed by atoms with van der Waals surface area (Å²) in [5, 5.41) is 13.3. The monoisotopic (exact) mass is 356 g/mol. The summed E-state index contributed by atoms with van der Waals surface area (Å²) in [6.45, 7) is 2.69. The molecule has 0 radical (unpaired) electrons. The molecule has 3 aromatic rings. The van der Waals surface area contributed by atoms with Crippen molar-refractivity contribution >= 4 is 28.2 Å². The average molecular weight is 356 g/mol. The van der Waals surface area contributed by atoms with Crippen LogP contribution in [0.15, 0.2) is 18.5 Å². The molecular formula is C15H16N8OS. The topological polar surface area (TPSA) is 92.4 Å². The third-order valence-corrected chi connectivity index (χ3v) is 5.43. The quantitative estimate of drug-likeness (QED) is 0.686. The second kappa shape index (κ2) is 5.73. The lowest BCUT2D eigenvalue weighted by atomic mass is 10.3. The van der Waals surface area contributed by atoms with Crippen molar-refractivity contribution in [3.05, 3.63) is 29.3 Å². The van der Waals surface area contributed by atoms with Gasteiger partial charge in [0.2, 0.25) is 15.9 Å². The predicted molar refractivity (Wildman–Crippen MR) is 90.8 cm³/mol. The summed E-state index contributed by atoms with van der Waals surface area (Å²) in [5.41, 5.74) is 0. The van der Waals surface area contributed by atoms with Gasteiger partial charge in [-0.3, -0.25) is 4.79 Å². The van der Waals surface area contributed by atoms with E-state index in [0.29, 0.717) is 48.0 Å². The fourth-order valence-corrected chi connectivity index (χ4v) is 3.83. The smallest absolute Gasteiger partial charge is 0.284 e. The number of rotatable bonds is 3. The van der Waals surface area contributed by atoms with Crippen LogP contribution in [0.25, 0.3) is 4.96 Å². The van der Waals surface area contributed by atoms with Gasteiger partial charge in [0.25, 0.3) is 5.91 Å². The van der Waals surface area contributed by atoms with Crippen molar-refractivity contribution in [2.24, 2.45) is 0 Å². The Balaban J connectivity index is 1.30. The summed E-state index contributed by atoms with van der Waals surface area (Å²) in [6, 6.07) is 1.80. The molecule has 0 N–H and O–H groups in total. The van der Waals surface area contributed by atoms with Crippen LogP contribution in [0.3, 0.4) is 0 Å². The summed E-state index contributed by atoms with van der Waals surface area (Å²) < 4.78 is 1.74.